The van der Waals surface area contributed by atoms with E-state index >= 15 is 0 Å². The molecule has 1 amide bonds. The number of amides is 1. The molecule has 0 radical (unpaired) electrons. The van der Waals surface area contributed by atoms with Crippen molar-refractivity contribution in [3.05, 3.63) is 89.5 Å². The Bertz CT molecular complexity index is 863. The Morgan fingerprint density at radius 3 is 2.46 bits per heavy atom. The van der Waals surface area contributed by atoms with Gasteiger partial charge in [0, 0.05) is 48.6 Å². The molecule has 0 saturated heterocycles. The lowest BCUT2D eigenvalue weighted by Crippen LogP contribution is -2.18. The summed E-state index contributed by atoms with van der Waals surface area (Å²) in [5.41, 5.74) is 4.84. The summed E-state index contributed by atoms with van der Waals surface area (Å²) in [4.78, 5) is 20.3. The third-order valence-corrected chi connectivity index (χ3v) is 4.16. The van der Waals surface area contributed by atoms with Crippen LogP contribution in [-0.2, 0) is 6.54 Å². The predicted molar refractivity (Wildman–Crippen MR) is 103 cm³/mol. The summed E-state index contributed by atoms with van der Waals surface area (Å²) in [5.74, 6) is -0.140. The van der Waals surface area contributed by atoms with Gasteiger partial charge >= 0.3 is 0 Å². The van der Waals surface area contributed by atoms with Crippen molar-refractivity contribution in [1.29, 1.82) is 0 Å². The fraction of sp³-hybridized carbons (Fsp3) is 0.190. The number of benzene rings is 1. The molecule has 2 aromatic heterocycles. The maximum atomic E-state index is 12.2. The number of hydrogen-bond acceptors (Lipinski definition) is 4. The van der Waals surface area contributed by atoms with E-state index in [1.165, 1.54) is 0 Å². The largest absolute Gasteiger partial charge is 0.322 e. The monoisotopic (exact) mass is 346 g/mol. The molecule has 0 aliphatic rings. The van der Waals surface area contributed by atoms with Crippen LogP contribution < -0.4 is 10.6 Å². The zero-order valence-electron chi connectivity index (χ0n) is 14.9. The molecule has 0 fully saturated rings. The number of carbonyl (C=O) groups excluding carboxylic acids is 1. The van der Waals surface area contributed by atoms with Crippen molar-refractivity contribution in [1.82, 2.24) is 15.3 Å². The van der Waals surface area contributed by atoms with Crippen LogP contribution in [0.3, 0.4) is 0 Å². The standard InChI is InChI=1S/C21H22N4O/c1-15-11-17(13-23-12-15)14-24-16(2)18-3-5-20(6-4-18)25-21(26)19-7-9-22-10-8-19/h3-13,16,24H,14H2,1-2H3,(H,25,26)/t16-/m0/s1. The van der Waals surface area contributed by atoms with Gasteiger partial charge in [0.1, 0.15) is 0 Å². The number of hydrogen-bond donors (Lipinski definition) is 2. The first kappa shape index (κ1) is 17.8. The summed E-state index contributed by atoms with van der Waals surface area (Å²) in [6, 6.07) is 13.6. The number of rotatable bonds is 6. The fourth-order valence-electron chi connectivity index (χ4n) is 2.66. The van der Waals surface area contributed by atoms with Gasteiger partial charge < -0.3 is 10.6 Å². The molecule has 3 aromatic rings. The molecule has 26 heavy (non-hydrogen) atoms. The highest BCUT2D eigenvalue weighted by atomic mass is 16.1. The normalized spacial score (nSPS) is 11.8. The fourth-order valence-corrected chi connectivity index (χ4v) is 2.66. The molecule has 0 bridgehead atoms. The molecule has 0 aliphatic carbocycles. The minimum atomic E-state index is -0.140. The van der Waals surface area contributed by atoms with Crippen LogP contribution in [0.15, 0.2) is 67.3 Å². The first-order valence-corrected chi connectivity index (χ1v) is 8.57. The number of pyridine rings is 2. The van der Waals surface area contributed by atoms with Crippen molar-refractivity contribution in [2.24, 2.45) is 0 Å². The molecular formula is C21H22N4O. The van der Waals surface area contributed by atoms with Crippen LogP contribution >= 0.6 is 0 Å². The SMILES string of the molecule is Cc1cncc(CN[C@@H](C)c2ccc(NC(=O)c3ccncc3)cc2)c1. The number of nitrogens with one attached hydrogen (secondary N) is 2. The molecule has 1 atom stereocenters. The molecular weight excluding hydrogens is 324 g/mol. The topological polar surface area (TPSA) is 66.9 Å². The maximum absolute atomic E-state index is 12.2. The molecule has 0 saturated carbocycles. The molecule has 0 aliphatic heterocycles. The Morgan fingerprint density at radius 1 is 1.04 bits per heavy atom. The van der Waals surface area contributed by atoms with Crippen molar-refractivity contribution < 1.29 is 4.79 Å². The van der Waals surface area contributed by atoms with Gasteiger partial charge in [-0.05, 0) is 54.8 Å². The summed E-state index contributed by atoms with van der Waals surface area (Å²) in [6.07, 6.45) is 6.95. The van der Waals surface area contributed by atoms with Crippen LogP contribution in [-0.4, -0.2) is 15.9 Å². The van der Waals surface area contributed by atoms with Crippen LogP contribution in [0.4, 0.5) is 5.69 Å². The Labute approximate surface area is 153 Å². The van der Waals surface area contributed by atoms with Crippen LogP contribution in [0, 0.1) is 6.92 Å². The van der Waals surface area contributed by atoms with Gasteiger partial charge in [-0.15, -0.1) is 0 Å². The summed E-state index contributed by atoms with van der Waals surface area (Å²) in [6.45, 7) is 4.92. The Hall–Kier alpha value is -3.05. The minimum Gasteiger partial charge on any atom is -0.322 e. The molecule has 132 valence electrons. The van der Waals surface area contributed by atoms with Crippen LogP contribution in [0.5, 0.6) is 0 Å². The highest BCUT2D eigenvalue weighted by Crippen LogP contribution is 2.17. The summed E-state index contributed by atoms with van der Waals surface area (Å²) in [5, 5.41) is 6.39. The molecule has 5 nitrogen and oxygen atoms in total. The zero-order valence-corrected chi connectivity index (χ0v) is 14.9. The third-order valence-electron chi connectivity index (χ3n) is 4.16. The van der Waals surface area contributed by atoms with E-state index in [9.17, 15) is 4.79 Å². The molecule has 2 N–H and O–H groups in total. The highest BCUT2D eigenvalue weighted by Gasteiger charge is 2.08. The van der Waals surface area contributed by atoms with Crippen molar-refractivity contribution in [2.45, 2.75) is 26.4 Å². The predicted octanol–water partition coefficient (Wildman–Crippen LogP) is 3.89. The van der Waals surface area contributed by atoms with Gasteiger partial charge in [0.25, 0.3) is 5.91 Å². The first-order chi connectivity index (χ1) is 12.6. The molecule has 3 rings (SSSR count). The second kappa shape index (κ2) is 8.36. The number of aromatic nitrogens is 2. The van der Waals surface area contributed by atoms with E-state index in [4.69, 9.17) is 0 Å². The molecule has 5 heteroatoms. The van der Waals surface area contributed by atoms with Gasteiger partial charge in [-0.1, -0.05) is 18.2 Å². The van der Waals surface area contributed by atoms with E-state index < -0.39 is 0 Å². The highest BCUT2D eigenvalue weighted by molar-refractivity contribution is 6.04. The molecule has 0 unspecified atom stereocenters. The smallest absolute Gasteiger partial charge is 0.255 e. The number of carbonyl (C=O) groups is 1. The van der Waals surface area contributed by atoms with Gasteiger partial charge in [0.15, 0.2) is 0 Å². The summed E-state index contributed by atoms with van der Waals surface area (Å²) in [7, 11) is 0. The molecule has 0 spiro atoms. The Balaban J connectivity index is 1.57. The lowest BCUT2D eigenvalue weighted by molar-refractivity contribution is 0.102. The van der Waals surface area contributed by atoms with Crippen molar-refractivity contribution >= 4 is 11.6 Å². The van der Waals surface area contributed by atoms with Gasteiger partial charge in [-0.2, -0.15) is 0 Å². The molecule has 2 heterocycles. The first-order valence-electron chi connectivity index (χ1n) is 8.57. The van der Waals surface area contributed by atoms with Crippen molar-refractivity contribution in [3.8, 4) is 0 Å². The summed E-state index contributed by atoms with van der Waals surface area (Å²) < 4.78 is 0. The van der Waals surface area contributed by atoms with E-state index in [1.807, 2.05) is 43.6 Å². The van der Waals surface area contributed by atoms with E-state index in [1.54, 1.807) is 24.5 Å². The Kier molecular flexibility index (Phi) is 5.71. The number of aryl methyl sites for hydroxylation is 1. The van der Waals surface area contributed by atoms with Crippen LogP contribution in [0.25, 0.3) is 0 Å². The van der Waals surface area contributed by atoms with Gasteiger partial charge in [0.05, 0.1) is 0 Å². The van der Waals surface area contributed by atoms with Gasteiger partial charge in [0.2, 0.25) is 0 Å². The molecule has 1 aromatic carbocycles. The second-order valence-electron chi connectivity index (χ2n) is 6.29. The van der Waals surface area contributed by atoms with E-state index in [-0.39, 0.29) is 11.9 Å². The average Bonchev–Trinajstić information content (AvgIpc) is 2.67. The third kappa shape index (κ3) is 4.74. The maximum Gasteiger partial charge on any atom is 0.255 e. The van der Waals surface area contributed by atoms with Crippen LogP contribution in [0.1, 0.15) is 40.0 Å². The van der Waals surface area contributed by atoms with E-state index in [0.717, 1.165) is 28.9 Å². The van der Waals surface area contributed by atoms with Gasteiger partial charge in [-0.3, -0.25) is 14.8 Å². The number of nitrogens with zero attached hydrogens (tertiary/aromatic N) is 2. The minimum absolute atomic E-state index is 0.140. The summed E-state index contributed by atoms with van der Waals surface area (Å²) >= 11 is 0. The van der Waals surface area contributed by atoms with Crippen molar-refractivity contribution in [2.75, 3.05) is 5.32 Å². The second-order valence-corrected chi connectivity index (χ2v) is 6.29. The average molecular weight is 346 g/mol. The van der Waals surface area contributed by atoms with Crippen LogP contribution in [0.2, 0.25) is 0 Å². The quantitative estimate of drug-likeness (QED) is 0.711. The van der Waals surface area contributed by atoms with E-state index in [0.29, 0.717) is 5.56 Å². The van der Waals surface area contributed by atoms with E-state index in [2.05, 4.69) is 33.6 Å². The van der Waals surface area contributed by atoms with Gasteiger partial charge in [-0.25, -0.2) is 0 Å². The lowest BCUT2D eigenvalue weighted by Gasteiger charge is -2.15. The number of anilines is 1. The van der Waals surface area contributed by atoms with Crippen molar-refractivity contribution in [3.63, 3.8) is 0 Å². The zero-order chi connectivity index (χ0) is 18.4. The Morgan fingerprint density at radius 2 is 1.77 bits per heavy atom. The lowest BCUT2D eigenvalue weighted by atomic mass is 10.1.